The minimum atomic E-state index is -0.613. The van der Waals surface area contributed by atoms with E-state index in [0.29, 0.717) is 37.4 Å². The topological polar surface area (TPSA) is 72.6 Å². The van der Waals surface area contributed by atoms with Crippen LogP contribution in [0, 0.1) is 5.41 Å². The second-order valence-electron chi connectivity index (χ2n) is 7.44. The zero-order valence-corrected chi connectivity index (χ0v) is 16.4. The van der Waals surface area contributed by atoms with E-state index >= 15 is 0 Å². The fourth-order valence-electron chi connectivity index (χ4n) is 3.80. The van der Waals surface area contributed by atoms with E-state index in [-0.39, 0.29) is 11.8 Å². The van der Waals surface area contributed by atoms with Crippen LogP contribution in [0.3, 0.4) is 0 Å². The summed E-state index contributed by atoms with van der Waals surface area (Å²) in [4.78, 5) is 26.7. The number of rotatable bonds is 7. The van der Waals surface area contributed by atoms with Gasteiger partial charge in [-0.2, -0.15) is 0 Å². The monoisotopic (exact) mass is 380 g/mol. The minimum absolute atomic E-state index is 0.0766. The molecule has 3 rings (SSSR count). The van der Waals surface area contributed by atoms with E-state index < -0.39 is 5.41 Å². The van der Waals surface area contributed by atoms with E-state index in [0.717, 1.165) is 19.3 Å². The molecule has 0 saturated carbocycles. The van der Waals surface area contributed by atoms with Gasteiger partial charge in [0.05, 0.1) is 12.0 Å². The SMILES string of the molecule is CC[C@]1(C(N)=O)CCCN(C(=O)c2cccc(OCCc3ccccc3)c2)C1. The third-order valence-electron chi connectivity index (χ3n) is 5.65. The van der Waals surface area contributed by atoms with Gasteiger partial charge in [0.1, 0.15) is 5.75 Å². The smallest absolute Gasteiger partial charge is 0.254 e. The molecule has 1 aliphatic heterocycles. The molecule has 0 unspecified atom stereocenters. The number of nitrogens with two attached hydrogens (primary N) is 1. The maximum atomic E-state index is 13.0. The zero-order chi connectivity index (χ0) is 20.0. The van der Waals surface area contributed by atoms with Gasteiger partial charge >= 0.3 is 0 Å². The predicted octanol–water partition coefficient (Wildman–Crippen LogP) is 3.43. The first-order chi connectivity index (χ1) is 13.5. The molecule has 0 spiro atoms. The fraction of sp³-hybridized carbons (Fsp3) is 0.391. The first-order valence-corrected chi connectivity index (χ1v) is 9.90. The molecule has 28 heavy (non-hydrogen) atoms. The Morgan fingerprint density at radius 2 is 1.93 bits per heavy atom. The summed E-state index contributed by atoms with van der Waals surface area (Å²) in [5, 5.41) is 0. The van der Waals surface area contributed by atoms with Crippen molar-refractivity contribution in [1.29, 1.82) is 0 Å². The molecule has 148 valence electrons. The van der Waals surface area contributed by atoms with Crippen molar-refractivity contribution < 1.29 is 14.3 Å². The van der Waals surface area contributed by atoms with Crippen molar-refractivity contribution in [2.75, 3.05) is 19.7 Å². The second-order valence-corrected chi connectivity index (χ2v) is 7.44. The summed E-state index contributed by atoms with van der Waals surface area (Å²) in [5.74, 6) is 0.285. The lowest BCUT2D eigenvalue weighted by atomic mass is 9.77. The Hall–Kier alpha value is -2.82. The van der Waals surface area contributed by atoms with Crippen LogP contribution < -0.4 is 10.5 Å². The molecule has 0 bridgehead atoms. The van der Waals surface area contributed by atoms with Crippen molar-refractivity contribution in [3.63, 3.8) is 0 Å². The third-order valence-corrected chi connectivity index (χ3v) is 5.65. The molecule has 1 heterocycles. The highest BCUT2D eigenvalue weighted by Gasteiger charge is 2.40. The van der Waals surface area contributed by atoms with Crippen molar-refractivity contribution in [1.82, 2.24) is 4.90 Å². The van der Waals surface area contributed by atoms with Gasteiger partial charge in [-0.15, -0.1) is 0 Å². The number of carbonyl (C=O) groups is 2. The molecule has 1 fully saturated rings. The summed E-state index contributed by atoms with van der Waals surface area (Å²) in [6.07, 6.45) is 2.98. The van der Waals surface area contributed by atoms with E-state index in [9.17, 15) is 9.59 Å². The summed E-state index contributed by atoms with van der Waals surface area (Å²) in [6, 6.07) is 17.4. The van der Waals surface area contributed by atoms with E-state index in [2.05, 4.69) is 12.1 Å². The van der Waals surface area contributed by atoms with Gasteiger partial charge in [-0.3, -0.25) is 9.59 Å². The quantitative estimate of drug-likeness (QED) is 0.800. The number of piperidine rings is 1. The molecule has 2 aromatic carbocycles. The summed E-state index contributed by atoms with van der Waals surface area (Å²) in [5.41, 5.74) is 6.82. The lowest BCUT2D eigenvalue weighted by Gasteiger charge is -2.40. The van der Waals surface area contributed by atoms with Crippen LogP contribution in [-0.2, 0) is 11.2 Å². The van der Waals surface area contributed by atoms with Gasteiger partial charge in [-0.25, -0.2) is 0 Å². The molecular formula is C23H28N2O3. The van der Waals surface area contributed by atoms with Crippen LogP contribution in [0.15, 0.2) is 54.6 Å². The summed E-state index contributed by atoms with van der Waals surface area (Å²) in [7, 11) is 0. The predicted molar refractivity (Wildman–Crippen MR) is 109 cm³/mol. The van der Waals surface area contributed by atoms with E-state index in [1.54, 1.807) is 17.0 Å². The average molecular weight is 380 g/mol. The number of hydrogen-bond acceptors (Lipinski definition) is 3. The van der Waals surface area contributed by atoms with Gasteiger partial charge in [-0.1, -0.05) is 43.3 Å². The number of primary amides is 1. The molecule has 2 N–H and O–H groups in total. The fourth-order valence-corrected chi connectivity index (χ4v) is 3.80. The third kappa shape index (κ3) is 4.53. The Kier molecular flexibility index (Phi) is 6.34. The van der Waals surface area contributed by atoms with Crippen LogP contribution in [0.2, 0.25) is 0 Å². The maximum absolute atomic E-state index is 13.0. The number of nitrogens with zero attached hydrogens (tertiary/aromatic N) is 1. The standard InChI is InChI=1S/C23H28N2O3/c1-2-23(22(24)27)13-7-14-25(17-23)21(26)19-10-6-11-20(16-19)28-15-12-18-8-4-3-5-9-18/h3-6,8-11,16H,2,7,12-15,17H2,1H3,(H2,24,27)/t23-/m0/s1. The molecule has 1 saturated heterocycles. The number of benzene rings is 2. The Labute approximate surface area is 166 Å². The molecule has 2 aromatic rings. The molecule has 1 aliphatic rings. The molecule has 0 aliphatic carbocycles. The Morgan fingerprint density at radius 1 is 1.14 bits per heavy atom. The molecule has 2 amide bonds. The van der Waals surface area contributed by atoms with Crippen molar-refractivity contribution >= 4 is 11.8 Å². The van der Waals surface area contributed by atoms with Crippen LogP contribution in [0.5, 0.6) is 5.75 Å². The summed E-state index contributed by atoms with van der Waals surface area (Å²) < 4.78 is 5.84. The first-order valence-electron chi connectivity index (χ1n) is 9.90. The molecule has 5 heteroatoms. The molecule has 5 nitrogen and oxygen atoms in total. The maximum Gasteiger partial charge on any atom is 0.254 e. The van der Waals surface area contributed by atoms with Crippen LogP contribution >= 0.6 is 0 Å². The number of amides is 2. The minimum Gasteiger partial charge on any atom is -0.493 e. The van der Waals surface area contributed by atoms with E-state index in [1.807, 2.05) is 37.3 Å². The van der Waals surface area contributed by atoms with Crippen LogP contribution in [-0.4, -0.2) is 36.4 Å². The summed E-state index contributed by atoms with van der Waals surface area (Å²) in [6.45, 7) is 3.54. The van der Waals surface area contributed by atoms with Crippen LogP contribution in [0.25, 0.3) is 0 Å². The van der Waals surface area contributed by atoms with Crippen molar-refractivity contribution in [3.8, 4) is 5.75 Å². The van der Waals surface area contributed by atoms with Crippen molar-refractivity contribution in [2.24, 2.45) is 11.1 Å². The number of ether oxygens (including phenoxy) is 1. The Morgan fingerprint density at radius 3 is 2.64 bits per heavy atom. The average Bonchev–Trinajstić information content (AvgIpc) is 2.74. The zero-order valence-electron chi connectivity index (χ0n) is 16.4. The highest BCUT2D eigenvalue weighted by Crippen LogP contribution is 2.33. The largest absolute Gasteiger partial charge is 0.493 e. The Bertz CT molecular complexity index is 822. The molecule has 1 atom stereocenters. The molecule has 0 aromatic heterocycles. The normalized spacial score (nSPS) is 19.2. The van der Waals surface area contributed by atoms with Gasteiger partial charge in [0.2, 0.25) is 5.91 Å². The number of likely N-dealkylation sites (tertiary alicyclic amines) is 1. The van der Waals surface area contributed by atoms with Crippen molar-refractivity contribution in [2.45, 2.75) is 32.6 Å². The Balaban J connectivity index is 1.64. The van der Waals surface area contributed by atoms with Crippen LogP contribution in [0.4, 0.5) is 0 Å². The highest BCUT2D eigenvalue weighted by atomic mass is 16.5. The van der Waals surface area contributed by atoms with Gasteiger partial charge < -0.3 is 15.4 Å². The van der Waals surface area contributed by atoms with Gasteiger partial charge in [0.15, 0.2) is 0 Å². The second kappa shape index (κ2) is 8.91. The summed E-state index contributed by atoms with van der Waals surface area (Å²) >= 11 is 0. The van der Waals surface area contributed by atoms with Gasteiger partial charge in [0.25, 0.3) is 5.91 Å². The van der Waals surface area contributed by atoms with E-state index in [4.69, 9.17) is 10.5 Å². The van der Waals surface area contributed by atoms with E-state index in [1.165, 1.54) is 5.56 Å². The number of carbonyl (C=O) groups excluding carboxylic acids is 2. The highest BCUT2D eigenvalue weighted by molar-refractivity contribution is 5.95. The van der Waals surface area contributed by atoms with Crippen LogP contribution in [0.1, 0.15) is 42.1 Å². The number of hydrogen-bond donors (Lipinski definition) is 1. The first kappa shape index (κ1) is 19.9. The van der Waals surface area contributed by atoms with Gasteiger partial charge in [0, 0.05) is 25.1 Å². The van der Waals surface area contributed by atoms with Crippen molar-refractivity contribution in [3.05, 3.63) is 65.7 Å². The lowest BCUT2D eigenvalue weighted by molar-refractivity contribution is -0.130. The molecule has 0 radical (unpaired) electrons. The van der Waals surface area contributed by atoms with Gasteiger partial charge in [-0.05, 0) is 43.0 Å². The lowest BCUT2D eigenvalue weighted by Crippen LogP contribution is -2.51. The molecular weight excluding hydrogens is 352 g/mol.